The summed E-state index contributed by atoms with van der Waals surface area (Å²) < 4.78 is 3.33. The number of benzene rings is 1. The van der Waals surface area contributed by atoms with Crippen LogP contribution in [0.1, 0.15) is 16.2 Å². The molecule has 0 atom stereocenters. The Balaban J connectivity index is 1.85. The Kier molecular flexibility index (Phi) is 3.61. The van der Waals surface area contributed by atoms with Gasteiger partial charge in [-0.15, -0.1) is 0 Å². The SMILES string of the molecule is Cc1cc(C(=O)Nc2ccc(-c3nccn3C)c(O)c2)n(C)n1. The molecule has 2 N–H and O–H groups in total. The lowest BCUT2D eigenvalue weighted by Crippen LogP contribution is -2.16. The molecule has 0 spiro atoms. The van der Waals surface area contributed by atoms with E-state index < -0.39 is 0 Å². The maximum Gasteiger partial charge on any atom is 0.273 e. The zero-order valence-corrected chi connectivity index (χ0v) is 13.1. The molecule has 7 nitrogen and oxygen atoms in total. The Morgan fingerprint density at radius 3 is 2.61 bits per heavy atom. The van der Waals surface area contributed by atoms with Crippen molar-refractivity contribution in [3.8, 4) is 17.1 Å². The van der Waals surface area contributed by atoms with Crippen LogP contribution in [0.4, 0.5) is 5.69 Å². The number of nitrogens with zero attached hydrogens (tertiary/aromatic N) is 4. The summed E-state index contributed by atoms with van der Waals surface area (Å²) in [5, 5.41) is 17.1. The lowest BCUT2D eigenvalue weighted by molar-refractivity contribution is 0.101. The summed E-state index contributed by atoms with van der Waals surface area (Å²) in [6.45, 7) is 1.82. The largest absolute Gasteiger partial charge is 0.507 e. The summed E-state index contributed by atoms with van der Waals surface area (Å²) in [6.07, 6.45) is 3.46. The van der Waals surface area contributed by atoms with Crippen LogP contribution in [-0.2, 0) is 14.1 Å². The van der Waals surface area contributed by atoms with Gasteiger partial charge >= 0.3 is 0 Å². The van der Waals surface area contributed by atoms with E-state index in [4.69, 9.17) is 0 Å². The molecule has 0 saturated heterocycles. The van der Waals surface area contributed by atoms with E-state index in [9.17, 15) is 9.90 Å². The zero-order valence-electron chi connectivity index (χ0n) is 13.1. The monoisotopic (exact) mass is 311 g/mol. The van der Waals surface area contributed by atoms with Gasteiger partial charge in [-0.1, -0.05) is 0 Å². The van der Waals surface area contributed by atoms with E-state index in [1.165, 1.54) is 10.7 Å². The van der Waals surface area contributed by atoms with Crippen LogP contribution in [0.15, 0.2) is 36.7 Å². The van der Waals surface area contributed by atoms with Crippen LogP contribution in [0.3, 0.4) is 0 Å². The molecule has 1 aromatic carbocycles. The normalized spacial score (nSPS) is 10.7. The van der Waals surface area contributed by atoms with Gasteiger partial charge in [0.05, 0.1) is 11.3 Å². The van der Waals surface area contributed by atoms with Crippen LogP contribution in [0.5, 0.6) is 5.75 Å². The smallest absolute Gasteiger partial charge is 0.273 e. The Bertz CT molecular complexity index is 878. The topological polar surface area (TPSA) is 85.0 Å². The fourth-order valence-electron chi connectivity index (χ4n) is 2.44. The molecular formula is C16H17N5O2. The molecule has 1 amide bonds. The van der Waals surface area contributed by atoms with E-state index in [1.54, 1.807) is 37.6 Å². The fraction of sp³-hybridized carbons (Fsp3) is 0.188. The second kappa shape index (κ2) is 5.60. The number of aromatic hydroxyl groups is 1. The average molecular weight is 311 g/mol. The van der Waals surface area contributed by atoms with E-state index in [-0.39, 0.29) is 11.7 Å². The molecule has 7 heteroatoms. The van der Waals surface area contributed by atoms with Crippen molar-refractivity contribution in [1.82, 2.24) is 19.3 Å². The van der Waals surface area contributed by atoms with Gasteiger partial charge in [-0.05, 0) is 25.1 Å². The second-order valence-electron chi connectivity index (χ2n) is 5.34. The second-order valence-corrected chi connectivity index (χ2v) is 5.34. The number of aryl methyl sites for hydroxylation is 3. The molecule has 0 saturated carbocycles. The molecule has 3 aromatic rings. The molecule has 0 unspecified atom stereocenters. The Morgan fingerprint density at radius 2 is 2.04 bits per heavy atom. The van der Waals surface area contributed by atoms with Gasteiger partial charge in [-0.25, -0.2) is 4.98 Å². The van der Waals surface area contributed by atoms with E-state index in [2.05, 4.69) is 15.4 Å². The highest BCUT2D eigenvalue weighted by atomic mass is 16.3. The number of phenols is 1. The third kappa shape index (κ3) is 2.80. The number of carbonyl (C=O) groups excluding carboxylic acids is 1. The zero-order chi connectivity index (χ0) is 16.6. The van der Waals surface area contributed by atoms with Crippen LogP contribution < -0.4 is 5.32 Å². The lowest BCUT2D eigenvalue weighted by atomic mass is 10.1. The number of carbonyl (C=O) groups is 1. The van der Waals surface area contributed by atoms with Crippen LogP contribution in [0, 0.1) is 6.92 Å². The summed E-state index contributed by atoms with van der Waals surface area (Å²) in [5.41, 5.74) is 2.33. The van der Waals surface area contributed by atoms with Gasteiger partial charge in [0.15, 0.2) is 0 Å². The summed E-state index contributed by atoms with van der Waals surface area (Å²) in [7, 11) is 3.56. The van der Waals surface area contributed by atoms with Crippen LogP contribution in [0.25, 0.3) is 11.4 Å². The fourth-order valence-corrected chi connectivity index (χ4v) is 2.44. The first kappa shape index (κ1) is 14.8. The Labute approximate surface area is 133 Å². The van der Waals surface area contributed by atoms with Gasteiger partial charge in [-0.2, -0.15) is 5.10 Å². The maximum absolute atomic E-state index is 12.3. The highest BCUT2D eigenvalue weighted by Gasteiger charge is 2.14. The molecule has 0 fully saturated rings. The molecule has 2 aromatic heterocycles. The number of imidazole rings is 1. The van der Waals surface area contributed by atoms with Crippen LogP contribution in [-0.4, -0.2) is 30.3 Å². The quantitative estimate of drug-likeness (QED) is 0.775. The number of anilines is 1. The van der Waals surface area contributed by atoms with Gasteiger partial charge in [0, 0.05) is 38.2 Å². The van der Waals surface area contributed by atoms with Crippen molar-refractivity contribution in [1.29, 1.82) is 0 Å². The number of amides is 1. The minimum atomic E-state index is -0.280. The van der Waals surface area contributed by atoms with E-state index in [0.29, 0.717) is 22.8 Å². The standard InChI is InChI=1S/C16H17N5O2/c1-10-8-13(21(3)19-10)16(23)18-11-4-5-12(14(22)9-11)15-17-6-7-20(15)2/h4-9,22H,1-3H3,(H,18,23). The van der Waals surface area contributed by atoms with Crippen molar-refractivity contribution >= 4 is 11.6 Å². The molecule has 2 heterocycles. The third-order valence-electron chi connectivity index (χ3n) is 3.55. The molecule has 0 radical (unpaired) electrons. The molecule has 0 aliphatic carbocycles. The predicted octanol–water partition coefficient (Wildman–Crippen LogP) is 2.09. The van der Waals surface area contributed by atoms with Gasteiger partial charge in [0.1, 0.15) is 17.3 Å². The number of hydrogen-bond donors (Lipinski definition) is 2. The summed E-state index contributed by atoms with van der Waals surface area (Å²) in [5.74, 6) is 0.429. The van der Waals surface area contributed by atoms with Gasteiger partial charge in [0.2, 0.25) is 0 Å². The number of hydrogen-bond acceptors (Lipinski definition) is 4. The van der Waals surface area contributed by atoms with Crippen molar-refractivity contribution in [3.63, 3.8) is 0 Å². The third-order valence-corrected chi connectivity index (χ3v) is 3.55. The van der Waals surface area contributed by atoms with Crippen molar-refractivity contribution in [2.24, 2.45) is 14.1 Å². The van der Waals surface area contributed by atoms with Gasteiger partial charge in [0.25, 0.3) is 5.91 Å². The molecule has 23 heavy (non-hydrogen) atoms. The Morgan fingerprint density at radius 1 is 1.26 bits per heavy atom. The molecule has 0 bridgehead atoms. The van der Waals surface area contributed by atoms with E-state index in [1.807, 2.05) is 18.5 Å². The highest BCUT2D eigenvalue weighted by molar-refractivity contribution is 6.03. The average Bonchev–Trinajstić information content (AvgIpc) is 3.05. The summed E-state index contributed by atoms with van der Waals surface area (Å²) in [6, 6.07) is 6.66. The summed E-state index contributed by atoms with van der Waals surface area (Å²) >= 11 is 0. The number of aromatic nitrogens is 4. The van der Waals surface area contributed by atoms with E-state index in [0.717, 1.165) is 5.69 Å². The minimum absolute atomic E-state index is 0.0540. The van der Waals surface area contributed by atoms with Gasteiger partial charge < -0.3 is 15.0 Å². The number of phenolic OH excluding ortho intramolecular Hbond substituents is 1. The summed E-state index contributed by atoms with van der Waals surface area (Å²) in [4.78, 5) is 16.5. The Hall–Kier alpha value is -3.09. The van der Waals surface area contributed by atoms with Crippen LogP contribution >= 0.6 is 0 Å². The molecule has 0 aliphatic rings. The van der Waals surface area contributed by atoms with E-state index >= 15 is 0 Å². The lowest BCUT2D eigenvalue weighted by Gasteiger charge is -2.09. The van der Waals surface area contributed by atoms with Crippen molar-refractivity contribution in [3.05, 3.63) is 48.0 Å². The first-order valence-corrected chi connectivity index (χ1v) is 7.08. The molecule has 3 rings (SSSR count). The predicted molar refractivity (Wildman–Crippen MR) is 86.2 cm³/mol. The van der Waals surface area contributed by atoms with Crippen LogP contribution in [0.2, 0.25) is 0 Å². The molecule has 0 aliphatic heterocycles. The number of nitrogens with one attached hydrogen (secondary N) is 1. The minimum Gasteiger partial charge on any atom is -0.507 e. The molecule has 118 valence electrons. The first-order valence-electron chi connectivity index (χ1n) is 7.08. The van der Waals surface area contributed by atoms with Crippen molar-refractivity contribution < 1.29 is 9.90 Å². The van der Waals surface area contributed by atoms with Crippen molar-refractivity contribution in [2.75, 3.05) is 5.32 Å². The van der Waals surface area contributed by atoms with Crippen molar-refractivity contribution in [2.45, 2.75) is 6.92 Å². The number of rotatable bonds is 3. The highest BCUT2D eigenvalue weighted by Crippen LogP contribution is 2.30. The van der Waals surface area contributed by atoms with Gasteiger partial charge in [-0.3, -0.25) is 9.48 Å². The molecular weight excluding hydrogens is 294 g/mol. The maximum atomic E-state index is 12.3. The first-order chi connectivity index (χ1) is 11.0.